The number of hydrogen-bond acceptors (Lipinski definition) is 5. The summed E-state index contributed by atoms with van der Waals surface area (Å²) in [6, 6.07) is 0. The van der Waals surface area contributed by atoms with Crippen molar-refractivity contribution in [2.75, 3.05) is 0 Å². The van der Waals surface area contributed by atoms with Crippen LogP contribution in [0, 0.1) is 23.7 Å². The van der Waals surface area contributed by atoms with E-state index in [0.717, 1.165) is 6.42 Å². The Kier molecular flexibility index (Phi) is 4.93. The first-order valence-electron chi connectivity index (χ1n) is 8.55. The number of ketones is 1. The second-order valence-corrected chi connectivity index (χ2v) is 8.79. The highest BCUT2D eigenvalue weighted by molar-refractivity contribution is 6.16. The molecule has 5 nitrogen and oxygen atoms in total. The van der Waals surface area contributed by atoms with Gasteiger partial charge in [0.15, 0.2) is 5.78 Å². The van der Waals surface area contributed by atoms with Gasteiger partial charge in [-0.3, -0.25) is 14.4 Å². The molecule has 0 aromatic heterocycles. The maximum absolute atomic E-state index is 13.0. The van der Waals surface area contributed by atoms with Gasteiger partial charge < -0.3 is 9.47 Å². The van der Waals surface area contributed by atoms with Gasteiger partial charge in [0.05, 0.1) is 0 Å². The van der Waals surface area contributed by atoms with E-state index in [1.54, 1.807) is 41.5 Å². The van der Waals surface area contributed by atoms with Crippen LogP contribution in [-0.2, 0) is 23.9 Å². The van der Waals surface area contributed by atoms with E-state index in [1.165, 1.54) is 0 Å². The molecule has 2 aliphatic carbocycles. The molecule has 2 rings (SSSR count). The zero-order valence-electron chi connectivity index (χ0n) is 15.4. The molecule has 3 atom stereocenters. The van der Waals surface area contributed by atoms with Gasteiger partial charge in [0.1, 0.15) is 11.2 Å². The minimum atomic E-state index is -1.50. The number of fused-ring (bicyclic) bond motifs is 2. The van der Waals surface area contributed by atoms with Gasteiger partial charge in [0.2, 0.25) is 5.92 Å². The van der Waals surface area contributed by atoms with Gasteiger partial charge >= 0.3 is 11.9 Å². The molecule has 2 bridgehead atoms. The summed E-state index contributed by atoms with van der Waals surface area (Å²) in [5.74, 6) is -3.29. The first-order chi connectivity index (χ1) is 10.9. The van der Waals surface area contributed by atoms with E-state index in [2.05, 4.69) is 6.08 Å². The summed E-state index contributed by atoms with van der Waals surface area (Å²) in [4.78, 5) is 38.0. The third-order valence-corrected chi connectivity index (χ3v) is 4.21. The molecule has 1 unspecified atom stereocenters. The van der Waals surface area contributed by atoms with Crippen LogP contribution in [0.25, 0.3) is 0 Å². The molecule has 0 spiro atoms. The van der Waals surface area contributed by atoms with Gasteiger partial charge in [-0.25, -0.2) is 0 Å². The van der Waals surface area contributed by atoms with E-state index in [1.807, 2.05) is 6.08 Å². The van der Waals surface area contributed by atoms with Gasteiger partial charge in [-0.15, -0.1) is 0 Å². The van der Waals surface area contributed by atoms with Gasteiger partial charge in [-0.2, -0.15) is 0 Å². The second-order valence-electron chi connectivity index (χ2n) is 8.79. The molecule has 0 aromatic carbocycles. The van der Waals surface area contributed by atoms with Crippen LogP contribution in [0.4, 0.5) is 0 Å². The fraction of sp³-hybridized carbons (Fsp3) is 0.737. The van der Waals surface area contributed by atoms with Crippen LogP contribution in [0.15, 0.2) is 12.2 Å². The Morgan fingerprint density at radius 2 is 1.38 bits per heavy atom. The molecular weight excluding hydrogens is 308 g/mol. The Hall–Kier alpha value is -1.65. The summed E-state index contributed by atoms with van der Waals surface area (Å²) < 4.78 is 10.6. The SMILES string of the molecule is CC(C)(C)OC(=O)C(C(=O)OC(C)(C)C)C(=O)C1C[C@@H]2C=C[C@H]1C2. The van der Waals surface area contributed by atoms with Crippen molar-refractivity contribution in [1.29, 1.82) is 0 Å². The van der Waals surface area contributed by atoms with Crippen LogP contribution < -0.4 is 0 Å². The quantitative estimate of drug-likeness (QED) is 0.448. The first-order valence-corrected chi connectivity index (χ1v) is 8.55. The number of ether oxygens (including phenoxy) is 2. The van der Waals surface area contributed by atoms with E-state index in [-0.39, 0.29) is 17.6 Å². The molecule has 24 heavy (non-hydrogen) atoms. The molecule has 1 fully saturated rings. The zero-order chi connectivity index (χ0) is 18.3. The number of allylic oxidation sites excluding steroid dienone is 2. The number of esters is 2. The number of hydrogen-bond donors (Lipinski definition) is 0. The Morgan fingerprint density at radius 3 is 1.71 bits per heavy atom. The van der Waals surface area contributed by atoms with Crippen molar-refractivity contribution in [2.24, 2.45) is 23.7 Å². The van der Waals surface area contributed by atoms with Gasteiger partial charge in [0.25, 0.3) is 0 Å². The maximum Gasteiger partial charge on any atom is 0.328 e. The number of rotatable bonds is 4. The summed E-state index contributed by atoms with van der Waals surface area (Å²) in [6.45, 7) is 10.3. The molecule has 0 radical (unpaired) electrons. The smallest absolute Gasteiger partial charge is 0.328 e. The van der Waals surface area contributed by atoms with Crippen molar-refractivity contribution in [3.8, 4) is 0 Å². The van der Waals surface area contributed by atoms with Gasteiger partial charge in [0, 0.05) is 5.92 Å². The third kappa shape index (κ3) is 4.46. The van der Waals surface area contributed by atoms with Crippen molar-refractivity contribution in [3.63, 3.8) is 0 Å². The van der Waals surface area contributed by atoms with E-state index in [9.17, 15) is 14.4 Å². The predicted molar refractivity (Wildman–Crippen MR) is 89.0 cm³/mol. The van der Waals surface area contributed by atoms with Crippen molar-refractivity contribution in [2.45, 2.75) is 65.6 Å². The molecule has 0 saturated heterocycles. The average Bonchev–Trinajstić information content (AvgIpc) is 2.95. The van der Waals surface area contributed by atoms with Crippen molar-refractivity contribution >= 4 is 17.7 Å². The zero-order valence-corrected chi connectivity index (χ0v) is 15.4. The monoisotopic (exact) mass is 336 g/mol. The van der Waals surface area contributed by atoms with Crippen molar-refractivity contribution in [1.82, 2.24) is 0 Å². The third-order valence-electron chi connectivity index (χ3n) is 4.21. The minimum absolute atomic E-state index is 0.120. The molecule has 0 N–H and O–H groups in total. The first kappa shape index (κ1) is 18.7. The summed E-state index contributed by atoms with van der Waals surface area (Å²) in [5, 5.41) is 0. The largest absolute Gasteiger partial charge is 0.459 e. The average molecular weight is 336 g/mol. The highest BCUT2D eigenvalue weighted by atomic mass is 16.6. The lowest BCUT2D eigenvalue weighted by Gasteiger charge is -2.28. The maximum atomic E-state index is 13.0. The Morgan fingerprint density at radius 1 is 0.875 bits per heavy atom. The minimum Gasteiger partial charge on any atom is -0.459 e. The van der Waals surface area contributed by atoms with E-state index in [0.29, 0.717) is 12.3 Å². The highest BCUT2D eigenvalue weighted by Gasteiger charge is 2.48. The van der Waals surface area contributed by atoms with Crippen LogP contribution in [-0.4, -0.2) is 28.9 Å². The molecule has 0 aromatic rings. The standard InChI is InChI=1S/C19H28O5/c1-18(2,3)23-16(21)14(17(22)24-19(4,5)6)15(20)13-10-11-7-8-12(13)9-11/h7-8,11-14H,9-10H2,1-6H3/t11-,12+,13?/m1/s1. The second kappa shape index (κ2) is 6.34. The molecule has 0 heterocycles. The number of carbonyl (C=O) groups is 3. The summed E-state index contributed by atoms with van der Waals surface area (Å²) >= 11 is 0. The van der Waals surface area contributed by atoms with Crippen LogP contribution in [0.1, 0.15) is 54.4 Å². The lowest BCUT2D eigenvalue weighted by atomic mass is 9.83. The molecule has 0 aliphatic heterocycles. The fourth-order valence-electron chi connectivity index (χ4n) is 3.37. The molecule has 0 amide bonds. The summed E-state index contributed by atoms with van der Waals surface area (Å²) in [7, 11) is 0. The van der Waals surface area contributed by atoms with Crippen LogP contribution in [0.5, 0.6) is 0 Å². The van der Waals surface area contributed by atoms with Crippen LogP contribution >= 0.6 is 0 Å². The normalized spacial score (nSPS) is 25.9. The van der Waals surface area contributed by atoms with E-state index >= 15 is 0 Å². The summed E-state index contributed by atoms with van der Waals surface area (Å²) in [5.41, 5.74) is -1.54. The Labute approximate surface area is 143 Å². The van der Waals surface area contributed by atoms with E-state index in [4.69, 9.17) is 9.47 Å². The number of Topliss-reactive ketones (excluding diaryl/α,β-unsaturated/α-hetero) is 1. The lowest BCUT2D eigenvalue weighted by molar-refractivity contribution is -0.176. The van der Waals surface area contributed by atoms with E-state index < -0.39 is 29.1 Å². The fourth-order valence-corrected chi connectivity index (χ4v) is 3.37. The number of carbonyl (C=O) groups excluding carboxylic acids is 3. The summed E-state index contributed by atoms with van der Waals surface area (Å²) in [6.07, 6.45) is 5.76. The van der Waals surface area contributed by atoms with Crippen molar-refractivity contribution in [3.05, 3.63) is 12.2 Å². The Balaban J connectivity index is 2.21. The van der Waals surface area contributed by atoms with Crippen LogP contribution in [0.3, 0.4) is 0 Å². The topological polar surface area (TPSA) is 69.7 Å². The molecule has 2 aliphatic rings. The Bertz CT molecular complexity index is 533. The lowest BCUT2D eigenvalue weighted by Crippen LogP contribution is -2.43. The van der Waals surface area contributed by atoms with Gasteiger partial charge in [-0.05, 0) is 66.2 Å². The van der Waals surface area contributed by atoms with Gasteiger partial charge in [-0.1, -0.05) is 12.2 Å². The van der Waals surface area contributed by atoms with Crippen LogP contribution in [0.2, 0.25) is 0 Å². The molecule has 5 heteroatoms. The molecular formula is C19H28O5. The molecule has 134 valence electrons. The highest BCUT2D eigenvalue weighted by Crippen LogP contribution is 2.45. The van der Waals surface area contributed by atoms with Crippen molar-refractivity contribution < 1.29 is 23.9 Å². The predicted octanol–water partition coefficient (Wildman–Crippen LogP) is 3.07. The molecule has 1 saturated carbocycles.